The second-order valence-electron chi connectivity index (χ2n) is 4.11. The first-order valence-electron chi connectivity index (χ1n) is 5.81. The van der Waals surface area contributed by atoms with E-state index in [1.807, 2.05) is 6.07 Å². The lowest BCUT2D eigenvalue weighted by molar-refractivity contribution is 0.673. The number of hydrogen-bond donors (Lipinski definition) is 2. The van der Waals surface area contributed by atoms with Crippen LogP contribution in [-0.4, -0.2) is 21.5 Å². The van der Waals surface area contributed by atoms with Gasteiger partial charge in [-0.2, -0.15) is 0 Å². The second-order valence-corrected chi connectivity index (χ2v) is 4.11. The minimum Gasteiger partial charge on any atom is -0.340 e. The summed E-state index contributed by atoms with van der Waals surface area (Å²) in [6.07, 6.45) is 6.18. The number of aromatic amines is 1. The van der Waals surface area contributed by atoms with Crippen LogP contribution in [0.25, 0.3) is 11.2 Å². The fourth-order valence-electron chi connectivity index (χ4n) is 1.82. The Labute approximate surface area is 95.3 Å². The van der Waals surface area contributed by atoms with Crippen LogP contribution in [0, 0.1) is 6.92 Å². The Bertz CT molecular complexity index is 461. The molecule has 86 valence electrons. The summed E-state index contributed by atoms with van der Waals surface area (Å²) in [5, 5.41) is 0. The predicted octanol–water partition coefficient (Wildman–Crippen LogP) is 1.94. The fourth-order valence-corrected chi connectivity index (χ4v) is 1.82. The number of aryl methyl sites for hydroxylation is 2. The number of unbranched alkanes of at least 4 members (excludes halogenated alkanes) is 2. The third-order valence-corrected chi connectivity index (χ3v) is 2.77. The molecule has 0 aliphatic rings. The van der Waals surface area contributed by atoms with Gasteiger partial charge in [0.2, 0.25) is 0 Å². The zero-order valence-electron chi connectivity index (χ0n) is 9.66. The number of nitrogens with two attached hydrogens (primary N) is 1. The Hall–Kier alpha value is -1.42. The molecule has 2 heterocycles. The lowest BCUT2D eigenvalue weighted by atomic mass is 10.2. The van der Waals surface area contributed by atoms with Crippen molar-refractivity contribution in [3.05, 3.63) is 23.7 Å². The Balaban J connectivity index is 2.05. The van der Waals surface area contributed by atoms with Gasteiger partial charge in [-0.15, -0.1) is 0 Å². The predicted molar refractivity (Wildman–Crippen MR) is 65.2 cm³/mol. The van der Waals surface area contributed by atoms with Crippen molar-refractivity contribution in [2.75, 3.05) is 6.54 Å². The summed E-state index contributed by atoms with van der Waals surface area (Å²) in [7, 11) is 0. The monoisotopic (exact) mass is 218 g/mol. The van der Waals surface area contributed by atoms with Crippen molar-refractivity contribution >= 4 is 11.2 Å². The van der Waals surface area contributed by atoms with E-state index in [0.717, 1.165) is 42.8 Å². The van der Waals surface area contributed by atoms with Gasteiger partial charge in [0.1, 0.15) is 5.82 Å². The Kier molecular flexibility index (Phi) is 3.51. The maximum absolute atomic E-state index is 5.46. The summed E-state index contributed by atoms with van der Waals surface area (Å²) in [4.78, 5) is 12.1. The van der Waals surface area contributed by atoms with Gasteiger partial charge >= 0.3 is 0 Å². The topological polar surface area (TPSA) is 67.6 Å². The normalized spacial score (nSPS) is 11.1. The molecule has 0 saturated heterocycles. The maximum Gasteiger partial charge on any atom is 0.177 e. The minimum atomic E-state index is 0.779. The summed E-state index contributed by atoms with van der Waals surface area (Å²) < 4.78 is 0. The van der Waals surface area contributed by atoms with Crippen LogP contribution in [0.5, 0.6) is 0 Å². The smallest absolute Gasteiger partial charge is 0.177 e. The van der Waals surface area contributed by atoms with Gasteiger partial charge in [0.15, 0.2) is 5.65 Å². The highest BCUT2D eigenvalue weighted by molar-refractivity contribution is 5.74. The molecule has 0 saturated carbocycles. The van der Waals surface area contributed by atoms with Crippen LogP contribution < -0.4 is 5.73 Å². The number of nitrogens with one attached hydrogen (secondary N) is 1. The fraction of sp³-hybridized carbons (Fsp3) is 0.500. The number of fused-ring (bicyclic) bond motifs is 1. The van der Waals surface area contributed by atoms with Crippen LogP contribution in [0.1, 0.15) is 30.7 Å². The summed E-state index contributed by atoms with van der Waals surface area (Å²) in [6.45, 7) is 2.85. The molecule has 0 unspecified atom stereocenters. The maximum atomic E-state index is 5.46. The molecule has 0 spiro atoms. The molecule has 0 atom stereocenters. The van der Waals surface area contributed by atoms with E-state index in [1.54, 1.807) is 6.20 Å². The molecule has 4 heteroatoms. The summed E-state index contributed by atoms with van der Waals surface area (Å²) in [6, 6.07) is 2.00. The van der Waals surface area contributed by atoms with Crippen LogP contribution in [0.2, 0.25) is 0 Å². The second kappa shape index (κ2) is 5.07. The third-order valence-electron chi connectivity index (χ3n) is 2.77. The van der Waals surface area contributed by atoms with Gasteiger partial charge in [-0.05, 0) is 37.9 Å². The van der Waals surface area contributed by atoms with E-state index in [9.17, 15) is 0 Å². The molecule has 3 N–H and O–H groups in total. The summed E-state index contributed by atoms with van der Waals surface area (Å²) in [5.41, 5.74) is 8.55. The molecule has 2 rings (SSSR count). The van der Waals surface area contributed by atoms with Gasteiger partial charge in [0.25, 0.3) is 0 Å². The van der Waals surface area contributed by atoms with Gasteiger partial charge in [0.05, 0.1) is 5.52 Å². The summed E-state index contributed by atoms with van der Waals surface area (Å²) >= 11 is 0. The van der Waals surface area contributed by atoms with Crippen LogP contribution in [-0.2, 0) is 6.42 Å². The molecule has 0 radical (unpaired) electrons. The van der Waals surface area contributed by atoms with Crippen LogP contribution in [0.4, 0.5) is 0 Å². The van der Waals surface area contributed by atoms with E-state index in [2.05, 4.69) is 21.9 Å². The highest BCUT2D eigenvalue weighted by Crippen LogP contribution is 2.14. The largest absolute Gasteiger partial charge is 0.340 e. The minimum absolute atomic E-state index is 0.779. The standard InChI is InChI=1S/C12H18N4/c1-9-6-8-14-12-11(9)15-10(16-12)5-3-2-4-7-13/h6,8H,2-5,7,13H2,1H3,(H,14,15,16). The molecular formula is C12H18N4. The lowest BCUT2D eigenvalue weighted by Crippen LogP contribution is -1.98. The zero-order chi connectivity index (χ0) is 11.4. The number of nitrogens with zero attached hydrogens (tertiary/aromatic N) is 2. The molecular weight excluding hydrogens is 200 g/mol. The average Bonchev–Trinajstić information content (AvgIpc) is 2.69. The average molecular weight is 218 g/mol. The third kappa shape index (κ3) is 2.39. The van der Waals surface area contributed by atoms with Crippen LogP contribution >= 0.6 is 0 Å². The molecule has 4 nitrogen and oxygen atoms in total. The Morgan fingerprint density at radius 2 is 2.19 bits per heavy atom. The van der Waals surface area contributed by atoms with Crippen molar-refractivity contribution in [1.29, 1.82) is 0 Å². The van der Waals surface area contributed by atoms with E-state index in [0.29, 0.717) is 0 Å². The quantitative estimate of drug-likeness (QED) is 0.753. The van der Waals surface area contributed by atoms with E-state index < -0.39 is 0 Å². The van der Waals surface area contributed by atoms with Crippen molar-refractivity contribution in [3.63, 3.8) is 0 Å². The van der Waals surface area contributed by atoms with Gasteiger partial charge in [-0.25, -0.2) is 9.97 Å². The van der Waals surface area contributed by atoms with E-state index in [1.165, 1.54) is 12.0 Å². The number of rotatable bonds is 5. The molecule has 2 aromatic heterocycles. The molecule has 2 aromatic rings. The van der Waals surface area contributed by atoms with Crippen molar-refractivity contribution in [1.82, 2.24) is 15.0 Å². The van der Waals surface area contributed by atoms with Gasteiger partial charge in [0, 0.05) is 12.6 Å². The molecule has 0 amide bonds. The number of H-pyrrole nitrogens is 1. The number of pyridine rings is 1. The van der Waals surface area contributed by atoms with E-state index in [-0.39, 0.29) is 0 Å². The molecule has 0 bridgehead atoms. The SMILES string of the molecule is Cc1ccnc2nc(CCCCCN)[nH]c12. The van der Waals surface area contributed by atoms with Crippen molar-refractivity contribution in [2.45, 2.75) is 32.6 Å². The first-order chi connectivity index (χ1) is 7.81. The van der Waals surface area contributed by atoms with E-state index >= 15 is 0 Å². The van der Waals surface area contributed by atoms with E-state index in [4.69, 9.17) is 5.73 Å². The van der Waals surface area contributed by atoms with Crippen LogP contribution in [0.15, 0.2) is 12.3 Å². The first kappa shape index (κ1) is 11.1. The lowest BCUT2D eigenvalue weighted by Gasteiger charge is -1.96. The number of aromatic nitrogens is 3. The highest BCUT2D eigenvalue weighted by atomic mass is 15.0. The summed E-state index contributed by atoms with van der Waals surface area (Å²) in [5.74, 6) is 1.04. The highest BCUT2D eigenvalue weighted by Gasteiger charge is 2.04. The molecule has 0 aliphatic heterocycles. The number of imidazole rings is 1. The molecule has 0 fully saturated rings. The van der Waals surface area contributed by atoms with Crippen LogP contribution in [0.3, 0.4) is 0 Å². The van der Waals surface area contributed by atoms with Crippen molar-refractivity contribution < 1.29 is 0 Å². The van der Waals surface area contributed by atoms with Crippen molar-refractivity contribution in [3.8, 4) is 0 Å². The Morgan fingerprint density at radius 3 is 2.94 bits per heavy atom. The molecule has 0 aliphatic carbocycles. The number of hydrogen-bond acceptors (Lipinski definition) is 3. The first-order valence-corrected chi connectivity index (χ1v) is 5.81. The molecule has 0 aromatic carbocycles. The van der Waals surface area contributed by atoms with Gasteiger partial charge in [-0.3, -0.25) is 0 Å². The van der Waals surface area contributed by atoms with Crippen molar-refractivity contribution in [2.24, 2.45) is 5.73 Å². The molecule has 16 heavy (non-hydrogen) atoms. The Morgan fingerprint density at radius 1 is 1.31 bits per heavy atom. The zero-order valence-corrected chi connectivity index (χ0v) is 9.66. The van der Waals surface area contributed by atoms with Gasteiger partial charge in [-0.1, -0.05) is 6.42 Å². The van der Waals surface area contributed by atoms with Gasteiger partial charge < -0.3 is 10.7 Å².